The van der Waals surface area contributed by atoms with E-state index in [-0.39, 0.29) is 23.7 Å². The number of urea groups is 1. The summed E-state index contributed by atoms with van der Waals surface area (Å²) in [7, 11) is 6.35. The van der Waals surface area contributed by atoms with Gasteiger partial charge in [0.05, 0.1) is 49.3 Å². The van der Waals surface area contributed by atoms with Gasteiger partial charge in [-0.05, 0) is 99.8 Å². The summed E-state index contributed by atoms with van der Waals surface area (Å²) in [4.78, 5) is 40.1. The molecule has 12 nitrogen and oxygen atoms in total. The zero-order chi connectivity index (χ0) is 42.6. The number of fused-ring (bicyclic) bond motifs is 2. The van der Waals surface area contributed by atoms with Gasteiger partial charge in [0.1, 0.15) is 11.6 Å². The van der Waals surface area contributed by atoms with Crippen molar-refractivity contribution in [3.05, 3.63) is 125 Å². The van der Waals surface area contributed by atoms with Gasteiger partial charge >= 0.3 is 18.0 Å². The number of likely N-dealkylation sites (tertiary alicyclic amines) is 1. The first-order chi connectivity index (χ1) is 29.1. The van der Waals surface area contributed by atoms with Gasteiger partial charge in [-0.1, -0.05) is 30.7 Å². The van der Waals surface area contributed by atoms with Gasteiger partial charge in [-0.2, -0.15) is 5.10 Å². The van der Waals surface area contributed by atoms with Gasteiger partial charge in [-0.25, -0.2) is 23.2 Å². The first-order valence-corrected chi connectivity index (χ1v) is 20.3. The molecule has 0 saturated carbocycles. The zero-order valence-electron chi connectivity index (χ0n) is 34.7. The third-order valence-corrected chi connectivity index (χ3v) is 10.8. The molecule has 6 aromatic rings. The Hall–Kier alpha value is -6.28. The second kappa shape index (κ2) is 20.6. The zero-order valence-corrected chi connectivity index (χ0v) is 34.7. The third-order valence-electron chi connectivity index (χ3n) is 10.8. The van der Waals surface area contributed by atoms with E-state index in [1.54, 1.807) is 34.0 Å². The highest BCUT2D eigenvalue weighted by molar-refractivity contribution is 6.02. The van der Waals surface area contributed by atoms with Crippen molar-refractivity contribution in [1.82, 2.24) is 24.6 Å². The highest BCUT2D eigenvalue weighted by atomic mass is 19.1. The predicted octanol–water partition coefficient (Wildman–Crippen LogP) is 8.59. The highest BCUT2D eigenvalue weighted by Gasteiger charge is 2.27. The van der Waals surface area contributed by atoms with E-state index >= 15 is 0 Å². The van der Waals surface area contributed by atoms with Gasteiger partial charge in [0.15, 0.2) is 0 Å². The Morgan fingerprint density at radius 2 is 1.37 bits per heavy atom. The molecular formula is C46H53F2N7O5. The quantitative estimate of drug-likeness (QED) is 0.147. The minimum Gasteiger partial charge on any atom is -0.465 e. The van der Waals surface area contributed by atoms with Crippen LogP contribution in [-0.2, 0) is 36.7 Å². The molecule has 2 aliphatic heterocycles. The van der Waals surface area contributed by atoms with Crippen molar-refractivity contribution in [3.63, 3.8) is 0 Å². The molecule has 14 heteroatoms. The van der Waals surface area contributed by atoms with Crippen molar-refractivity contribution < 1.29 is 32.6 Å². The fraction of sp³-hybridized carbons (Fsp3) is 0.348. The number of methoxy groups -OCH3 is 2. The average molecular weight is 822 g/mol. The number of ether oxygens (including phenoxy) is 2. The van der Waals surface area contributed by atoms with E-state index in [9.17, 15) is 23.2 Å². The Morgan fingerprint density at radius 3 is 1.97 bits per heavy atom. The maximum Gasteiger partial charge on any atom is 0.337 e. The highest BCUT2D eigenvalue weighted by Crippen LogP contribution is 2.31. The van der Waals surface area contributed by atoms with E-state index in [2.05, 4.69) is 25.2 Å². The lowest BCUT2D eigenvalue weighted by atomic mass is 10.1. The van der Waals surface area contributed by atoms with Crippen molar-refractivity contribution in [2.75, 3.05) is 50.6 Å². The molecular weight excluding hydrogens is 769 g/mol. The number of carbonyl (C=O) groups excluding carboxylic acids is 3. The standard InChI is InChI=1S/C24H26FN3O3.C17H16FN3O2.C5H11N/c1-26-14-11-19-21(26)7-6-8-22(19)28(24(30)27-12-4-3-5-13-27)16-18-10-9-17(15-20(18)25)23(29)31-2;1-21-16-5-3-4-15(13(16)10-20-21)19-9-12-7-6-11(8-14(12)18)17(22)23-2;1-2-4-6-5-3-1/h6-11,14-15H,3-5,12-13,16H2,1-2H3;3-8,10,19H,9H2,1-2H3;6H,1-5H2. The first-order valence-electron chi connectivity index (χ1n) is 20.3. The van der Waals surface area contributed by atoms with Crippen LogP contribution in [-0.4, -0.2) is 77.6 Å². The lowest BCUT2D eigenvalue weighted by molar-refractivity contribution is 0.0591. The van der Waals surface area contributed by atoms with E-state index in [0.717, 1.165) is 58.5 Å². The number of aromatic nitrogens is 3. The summed E-state index contributed by atoms with van der Waals surface area (Å²) in [5, 5.41) is 12.6. The fourth-order valence-electron chi connectivity index (χ4n) is 7.38. The Bertz CT molecular complexity index is 2410. The Labute approximate surface area is 349 Å². The molecule has 316 valence electrons. The van der Waals surface area contributed by atoms with Crippen molar-refractivity contribution >= 4 is 51.2 Å². The van der Waals surface area contributed by atoms with Crippen LogP contribution in [0.4, 0.5) is 25.0 Å². The van der Waals surface area contributed by atoms with Crippen molar-refractivity contribution in [3.8, 4) is 0 Å². The summed E-state index contributed by atoms with van der Waals surface area (Å²) in [6.45, 7) is 4.27. The van der Waals surface area contributed by atoms with E-state index in [4.69, 9.17) is 0 Å². The predicted molar refractivity (Wildman–Crippen MR) is 230 cm³/mol. The summed E-state index contributed by atoms with van der Waals surface area (Å²) in [5.41, 5.74) is 4.76. The van der Waals surface area contributed by atoms with Crippen molar-refractivity contribution in [1.29, 1.82) is 0 Å². The molecule has 2 aliphatic rings. The molecule has 2 N–H and O–H groups in total. The average Bonchev–Trinajstić information content (AvgIpc) is 3.87. The smallest absolute Gasteiger partial charge is 0.337 e. The number of piperidine rings is 2. The molecule has 2 aromatic heterocycles. The third kappa shape index (κ3) is 10.5. The lowest BCUT2D eigenvalue weighted by Crippen LogP contribution is -2.45. The van der Waals surface area contributed by atoms with Crippen LogP contribution in [0.15, 0.2) is 91.3 Å². The number of nitrogens with one attached hydrogen (secondary N) is 2. The number of halogens is 2. The van der Waals surface area contributed by atoms with E-state index in [0.29, 0.717) is 30.8 Å². The summed E-state index contributed by atoms with van der Waals surface area (Å²) in [6.07, 6.45) is 11.0. The van der Waals surface area contributed by atoms with Crippen LogP contribution < -0.4 is 15.5 Å². The molecule has 2 amide bonds. The normalized spacial score (nSPS) is 13.7. The number of amides is 2. The maximum atomic E-state index is 14.9. The molecule has 8 rings (SSSR count). The van der Waals surface area contributed by atoms with Crippen LogP contribution in [0, 0.1) is 11.6 Å². The molecule has 60 heavy (non-hydrogen) atoms. The SMILES string of the molecule is C1CCNCC1.COC(=O)c1ccc(CN(C(=O)N2CCCCC2)c2cccc3c2ccn3C)c(F)c1.COC(=O)c1ccc(CNc2cccc3c2cnn3C)c(F)c1. The van der Waals surface area contributed by atoms with Gasteiger partial charge in [-0.3, -0.25) is 9.58 Å². The van der Waals surface area contributed by atoms with Crippen LogP contribution in [0.2, 0.25) is 0 Å². The number of rotatable bonds is 8. The molecule has 0 bridgehead atoms. The minimum atomic E-state index is -0.597. The second-order valence-electron chi connectivity index (χ2n) is 14.8. The summed E-state index contributed by atoms with van der Waals surface area (Å²) in [5.74, 6) is -2.14. The molecule has 4 aromatic carbocycles. The van der Waals surface area contributed by atoms with Gasteiger partial charge in [0.25, 0.3) is 0 Å². The molecule has 0 radical (unpaired) electrons. The summed E-state index contributed by atoms with van der Waals surface area (Å²) in [6, 6.07) is 22.0. The number of hydrogen-bond donors (Lipinski definition) is 2. The molecule has 0 unspecified atom stereocenters. The Balaban J connectivity index is 0.000000182. The molecule has 2 saturated heterocycles. The minimum absolute atomic E-state index is 0.0661. The summed E-state index contributed by atoms with van der Waals surface area (Å²) >= 11 is 0. The van der Waals surface area contributed by atoms with Crippen LogP contribution >= 0.6 is 0 Å². The van der Waals surface area contributed by atoms with Crippen LogP contribution in [0.25, 0.3) is 21.8 Å². The van der Waals surface area contributed by atoms with E-state index in [1.165, 1.54) is 58.7 Å². The van der Waals surface area contributed by atoms with Crippen LogP contribution in [0.5, 0.6) is 0 Å². The molecule has 0 atom stereocenters. The molecule has 0 spiro atoms. The van der Waals surface area contributed by atoms with Crippen molar-refractivity contribution in [2.24, 2.45) is 14.1 Å². The monoisotopic (exact) mass is 821 g/mol. The first kappa shape index (κ1) is 43.3. The topological polar surface area (TPSA) is 123 Å². The number of benzene rings is 4. The van der Waals surface area contributed by atoms with Crippen LogP contribution in [0.1, 0.15) is 70.4 Å². The van der Waals surface area contributed by atoms with Crippen molar-refractivity contribution in [2.45, 2.75) is 51.6 Å². The number of carbonyl (C=O) groups is 3. The van der Waals surface area contributed by atoms with Gasteiger partial charge in [-0.15, -0.1) is 0 Å². The number of esters is 2. The fourth-order valence-corrected chi connectivity index (χ4v) is 7.38. The Morgan fingerprint density at radius 1 is 0.750 bits per heavy atom. The van der Waals surface area contributed by atoms with Gasteiger partial charge < -0.3 is 29.6 Å². The number of hydrogen-bond acceptors (Lipinski definition) is 8. The lowest BCUT2D eigenvalue weighted by Gasteiger charge is -2.33. The van der Waals surface area contributed by atoms with Gasteiger partial charge in [0, 0.05) is 73.0 Å². The van der Waals surface area contributed by atoms with Crippen LogP contribution in [0.3, 0.4) is 0 Å². The molecule has 2 fully saturated rings. The molecule has 0 aliphatic carbocycles. The summed E-state index contributed by atoms with van der Waals surface area (Å²) < 4.78 is 42.0. The molecule has 4 heterocycles. The largest absolute Gasteiger partial charge is 0.465 e. The number of aryl methyl sites for hydroxylation is 2. The van der Waals surface area contributed by atoms with E-state index < -0.39 is 23.6 Å². The Kier molecular flexibility index (Phi) is 14.9. The second-order valence-corrected chi connectivity index (χ2v) is 14.8. The van der Waals surface area contributed by atoms with E-state index in [1.807, 2.05) is 72.2 Å². The number of nitrogens with zero attached hydrogens (tertiary/aromatic N) is 5. The number of anilines is 2. The van der Waals surface area contributed by atoms with Gasteiger partial charge in [0.2, 0.25) is 0 Å². The maximum absolute atomic E-state index is 14.9.